The minimum absolute atomic E-state index is 0.746. The van der Waals surface area contributed by atoms with E-state index < -0.39 is 0 Å². The normalized spacial score (nSPS) is 12.1. The highest BCUT2D eigenvalue weighted by atomic mass is 16.5. The van der Waals surface area contributed by atoms with Gasteiger partial charge in [0.25, 0.3) is 0 Å². The van der Waals surface area contributed by atoms with E-state index in [1.807, 2.05) is 12.1 Å². The van der Waals surface area contributed by atoms with E-state index in [4.69, 9.17) is 14.2 Å². The molecule has 33 heavy (non-hydrogen) atoms. The number of fused-ring (bicyclic) bond motifs is 12. The van der Waals surface area contributed by atoms with Gasteiger partial charge in [0.2, 0.25) is 0 Å². The highest BCUT2D eigenvalue weighted by Crippen LogP contribution is 2.46. The molecule has 3 aromatic heterocycles. The number of hydrogen-bond donors (Lipinski definition) is 3. The first-order chi connectivity index (χ1) is 16.2. The van der Waals surface area contributed by atoms with Crippen LogP contribution in [0.2, 0.25) is 0 Å². The number of aromatic nitrogens is 3. The summed E-state index contributed by atoms with van der Waals surface area (Å²) in [5.41, 5.74) is 6.29. The monoisotopic (exact) mass is 435 g/mol. The molecule has 0 unspecified atom stereocenters. The van der Waals surface area contributed by atoms with Crippen molar-refractivity contribution in [3.8, 4) is 17.2 Å². The van der Waals surface area contributed by atoms with E-state index in [0.29, 0.717) is 0 Å². The Morgan fingerprint density at radius 1 is 0.515 bits per heavy atom. The van der Waals surface area contributed by atoms with Crippen molar-refractivity contribution in [2.45, 2.75) is 0 Å². The van der Waals surface area contributed by atoms with Crippen molar-refractivity contribution in [2.24, 2.45) is 0 Å². The number of methoxy groups -OCH3 is 3. The van der Waals surface area contributed by atoms with Crippen molar-refractivity contribution < 1.29 is 14.2 Å². The molecule has 0 radical (unpaired) electrons. The molecule has 6 heteroatoms. The third kappa shape index (κ3) is 2.27. The van der Waals surface area contributed by atoms with Crippen LogP contribution in [0.15, 0.2) is 54.6 Å². The Balaban J connectivity index is 1.84. The van der Waals surface area contributed by atoms with E-state index in [1.165, 1.54) is 16.2 Å². The molecule has 0 saturated heterocycles. The van der Waals surface area contributed by atoms with Gasteiger partial charge in [-0.1, -0.05) is 18.2 Å². The van der Waals surface area contributed by atoms with Gasteiger partial charge >= 0.3 is 0 Å². The van der Waals surface area contributed by atoms with Crippen LogP contribution in [0.1, 0.15) is 0 Å². The number of hydrogen-bond acceptors (Lipinski definition) is 3. The van der Waals surface area contributed by atoms with Crippen LogP contribution < -0.4 is 14.2 Å². The highest BCUT2D eigenvalue weighted by Gasteiger charge is 2.22. The predicted molar refractivity (Wildman–Crippen MR) is 134 cm³/mol. The highest BCUT2D eigenvalue weighted by molar-refractivity contribution is 6.39. The minimum atomic E-state index is 0.746. The Hall–Kier alpha value is -4.32. The number of rotatable bonds is 3. The molecule has 6 nitrogen and oxygen atoms in total. The Kier molecular flexibility index (Phi) is 3.52. The van der Waals surface area contributed by atoms with E-state index in [9.17, 15) is 0 Å². The molecule has 162 valence electrons. The lowest BCUT2D eigenvalue weighted by molar-refractivity contribution is 0.397. The third-order valence-electron chi connectivity index (χ3n) is 6.76. The first-order valence-corrected chi connectivity index (χ1v) is 10.8. The minimum Gasteiger partial charge on any atom is -0.497 e. The molecule has 0 aliphatic heterocycles. The van der Waals surface area contributed by atoms with Crippen molar-refractivity contribution in [1.82, 2.24) is 15.0 Å². The molecule has 7 aromatic rings. The molecular formula is C27H21N3O3. The lowest BCUT2D eigenvalue weighted by Crippen LogP contribution is -1.88. The van der Waals surface area contributed by atoms with E-state index in [-0.39, 0.29) is 0 Å². The molecule has 0 aliphatic rings. The van der Waals surface area contributed by atoms with E-state index in [2.05, 4.69) is 57.4 Å². The maximum absolute atomic E-state index is 5.72. The van der Waals surface area contributed by atoms with Crippen LogP contribution in [0, 0.1) is 0 Å². The van der Waals surface area contributed by atoms with Gasteiger partial charge in [-0.05, 0) is 30.3 Å². The van der Waals surface area contributed by atoms with E-state index in [0.717, 1.165) is 66.5 Å². The molecule has 4 aromatic carbocycles. The molecule has 3 N–H and O–H groups in total. The second-order valence-electron chi connectivity index (χ2n) is 8.33. The van der Waals surface area contributed by atoms with Gasteiger partial charge in [0, 0.05) is 49.4 Å². The molecule has 0 aliphatic carbocycles. The number of benzene rings is 4. The number of nitrogens with one attached hydrogen (secondary N) is 3. The summed E-state index contributed by atoms with van der Waals surface area (Å²) in [5, 5.41) is 6.82. The fourth-order valence-electron chi connectivity index (χ4n) is 5.30. The van der Waals surface area contributed by atoms with Crippen LogP contribution in [0.25, 0.3) is 65.4 Å². The Bertz CT molecular complexity index is 1890. The van der Waals surface area contributed by atoms with Crippen molar-refractivity contribution in [3.63, 3.8) is 0 Å². The fraction of sp³-hybridized carbons (Fsp3) is 0.111. The smallest absolute Gasteiger partial charge is 0.146 e. The van der Waals surface area contributed by atoms with Gasteiger partial charge in [-0.15, -0.1) is 0 Å². The van der Waals surface area contributed by atoms with Crippen LogP contribution >= 0.6 is 0 Å². The molecule has 0 fully saturated rings. The number of ether oxygens (including phenoxy) is 3. The molecule has 7 rings (SSSR count). The summed E-state index contributed by atoms with van der Waals surface area (Å²) >= 11 is 0. The Morgan fingerprint density at radius 3 is 2.03 bits per heavy atom. The molecule has 0 bridgehead atoms. The summed E-state index contributed by atoms with van der Waals surface area (Å²) in [6.07, 6.45) is 0. The van der Waals surface area contributed by atoms with Crippen LogP contribution in [-0.2, 0) is 0 Å². The van der Waals surface area contributed by atoms with Gasteiger partial charge < -0.3 is 29.2 Å². The lowest BCUT2D eigenvalue weighted by Gasteiger charge is -2.05. The molecule has 0 atom stereocenters. The summed E-state index contributed by atoms with van der Waals surface area (Å²) in [4.78, 5) is 11.0. The van der Waals surface area contributed by atoms with Crippen molar-refractivity contribution in [2.75, 3.05) is 21.3 Å². The number of H-pyrrole nitrogens is 3. The van der Waals surface area contributed by atoms with Crippen molar-refractivity contribution >= 4 is 65.4 Å². The summed E-state index contributed by atoms with van der Waals surface area (Å²) in [7, 11) is 5.06. The maximum atomic E-state index is 5.72. The van der Waals surface area contributed by atoms with Gasteiger partial charge in [-0.3, -0.25) is 0 Å². The van der Waals surface area contributed by atoms with E-state index >= 15 is 0 Å². The topological polar surface area (TPSA) is 75.1 Å². The molecule has 0 spiro atoms. The summed E-state index contributed by atoms with van der Waals surface area (Å²) in [6.45, 7) is 0. The van der Waals surface area contributed by atoms with Crippen LogP contribution in [0.3, 0.4) is 0 Å². The van der Waals surface area contributed by atoms with Crippen LogP contribution in [-0.4, -0.2) is 36.3 Å². The second-order valence-corrected chi connectivity index (χ2v) is 8.33. The van der Waals surface area contributed by atoms with Gasteiger partial charge in [-0.2, -0.15) is 0 Å². The predicted octanol–water partition coefficient (Wildman–Crippen LogP) is 6.62. The summed E-state index contributed by atoms with van der Waals surface area (Å²) in [6, 6.07) is 18.6. The number of para-hydroxylation sites is 1. The molecular weight excluding hydrogens is 414 g/mol. The zero-order valence-corrected chi connectivity index (χ0v) is 18.4. The number of aromatic amines is 3. The van der Waals surface area contributed by atoms with Crippen molar-refractivity contribution in [1.29, 1.82) is 0 Å². The zero-order valence-electron chi connectivity index (χ0n) is 18.4. The fourth-order valence-corrected chi connectivity index (χ4v) is 5.30. The van der Waals surface area contributed by atoms with Crippen LogP contribution in [0.4, 0.5) is 0 Å². The SMILES string of the molecule is COc1cc(OC)c2[nH]c3c4[nH]c5ccccc5c4c4c5cc(OC)ccc5[nH]c4c3c2c1. The molecule has 0 saturated carbocycles. The largest absolute Gasteiger partial charge is 0.497 e. The molecule has 0 amide bonds. The Labute approximate surface area is 188 Å². The van der Waals surface area contributed by atoms with Gasteiger partial charge in [-0.25, -0.2) is 0 Å². The first kappa shape index (κ1) is 18.3. The second kappa shape index (κ2) is 6.36. The first-order valence-electron chi connectivity index (χ1n) is 10.8. The average Bonchev–Trinajstić information content (AvgIpc) is 3.53. The zero-order chi connectivity index (χ0) is 22.3. The van der Waals surface area contributed by atoms with Gasteiger partial charge in [0.15, 0.2) is 0 Å². The average molecular weight is 435 g/mol. The Morgan fingerprint density at radius 2 is 1.21 bits per heavy atom. The molecule has 3 heterocycles. The lowest BCUT2D eigenvalue weighted by atomic mass is 10.0. The van der Waals surface area contributed by atoms with Gasteiger partial charge in [0.05, 0.1) is 43.4 Å². The summed E-state index contributed by atoms with van der Waals surface area (Å²) in [5.74, 6) is 2.33. The maximum Gasteiger partial charge on any atom is 0.146 e. The van der Waals surface area contributed by atoms with Crippen molar-refractivity contribution in [3.05, 3.63) is 54.6 Å². The van der Waals surface area contributed by atoms with Crippen LogP contribution in [0.5, 0.6) is 17.2 Å². The van der Waals surface area contributed by atoms with E-state index in [1.54, 1.807) is 21.3 Å². The summed E-state index contributed by atoms with van der Waals surface area (Å²) < 4.78 is 16.9. The standard InChI is InChI=1S/C27H21N3O3/c1-31-13-8-9-19-16(10-13)22-21-15-6-4-5-7-18(15)29-26(21)27-23(25(22)28-19)17-11-14(32-2)12-20(33-3)24(17)30-27/h4-12,28-30H,1-3H3. The third-order valence-corrected chi connectivity index (χ3v) is 6.76. The van der Waals surface area contributed by atoms with Gasteiger partial charge in [0.1, 0.15) is 17.2 Å². The quantitative estimate of drug-likeness (QED) is 0.292.